The van der Waals surface area contributed by atoms with Crippen LogP contribution >= 0.6 is 11.6 Å². The second-order valence-electron chi connectivity index (χ2n) is 7.17. The zero-order valence-corrected chi connectivity index (χ0v) is 19.7. The number of ether oxygens (including phenoxy) is 2. The minimum Gasteiger partial charge on any atom is -0.493 e. The lowest BCUT2D eigenvalue weighted by atomic mass is 10.1. The number of hydrogen-bond acceptors (Lipinski definition) is 5. The Morgan fingerprint density at radius 3 is 2.33 bits per heavy atom. The summed E-state index contributed by atoms with van der Waals surface area (Å²) in [5, 5.41) is 2.55. The summed E-state index contributed by atoms with van der Waals surface area (Å²) >= 11 is 5.75. The SMILES string of the molecule is COc1cc(C(=O)Nc2ccc(F)c(Cl)c2)ccc1OCc1ccc(S(=O)(=O)N(C)C)cc1. The van der Waals surface area contributed by atoms with Gasteiger partial charge in [0.25, 0.3) is 5.91 Å². The van der Waals surface area contributed by atoms with Crippen LogP contribution in [-0.4, -0.2) is 39.8 Å². The van der Waals surface area contributed by atoms with Gasteiger partial charge in [-0.25, -0.2) is 17.1 Å². The van der Waals surface area contributed by atoms with Gasteiger partial charge in [-0.05, 0) is 54.1 Å². The fourth-order valence-electron chi connectivity index (χ4n) is 2.83. The van der Waals surface area contributed by atoms with Crippen molar-refractivity contribution in [2.24, 2.45) is 0 Å². The van der Waals surface area contributed by atoms with E-state index in [1.165, 1.54) is 51.5 Å². The summed E-state index contributed by atoms with van der Waals surface area (Å²) in [6.45, 7) is 0.165. The molecule has 0 saturated carbocycles. The predicted molar refractivity (Wildman–Crippen MR) is 124 cm³/mol. The number of anilines is 1. The highest BCUT2D eigenvalue weighted by Gasteiger charge is 2.17. The summed E-state index contributed by atoms with van der Waals surface area (Å²) < 4.78 is 49.9. The van der Waals surface area contributed by atoms with Gasteiger partial charge in [-0.2, -0.15) is 0 Å². The number of methoxy groups -OCH3 is 1. The van der Waals surface area contributed by atoms with Crippen LogP contribution < -0.4 is 14.8 Å². The molecule has 0 fully saturated rings. The summed E-state index contributed by atoms with van der Waals surface area (Å²) in [4.78, 5) is 12.7. The van der Waals surface area contributed by atoms with Gasteiger partial charge in [0.2, 0.25) is 10.0 Å². The Morgan fingerprint density at radius 2 is 1.73 bits per heavy atom. The van der Waals surface area contributed by atoms with Crippen LogP contribution in [0.2, 0.25) is 5.02 Å². The topological polar surface area (TPSA) is 84.9 Å². The minimum absolute atomic E-state index is 0.0959. The van der Waals surface area contributed by atoms with Crippen molar-refractivity contribution >= 4 is 33.2 Å². The van der Waals surface area contributed by atoms with Gasteiger partial charge in [0.1, 0.15) is 12.4 Å². The quantitative estimate of drug-likeness (QED) is 0.498. The van der Waals surface area contributed by atoms with Gasteiger partial charge in [0.15, 0.2) is 11.5 Å². The Labute approximate surface area is 196 Å². The Hall–Kier alpha value is -3.14. The standard InChI is InChI=1S/C23H22ClFN2O5S/c1-27(2)33(29,30)18-8-4-15(5-9-18)14-32-21-11-6-16(12-22(21)31-3)23(28)26-17-7-10-20(25)19(24)13-17/h4-13H,14H2,1-3H3,(H,26,28). The van der Waals surface area contributed by atoms with E-state index in [4.69, 9.17) is 21.1 Å². The van der Waals surface area contributed by atoms with E-state index in [9.17, 15) is 17.6 Å². The van der Waals surface area contributed by atoms with Crippen molar-refractivity contribution in [2.75, 3.05) is 26.5 Å². The molecule has 3 aromatic rings. The van der Waals surface area contributed by atoms with Crippen LogP contribution in [0.3, 0.4) is 0 Å². The maximum Gasteiger partial charge on any atom is 0.255 e. The van der Waals surface area contributed by atoms with Gasteiger partial charge in [-0.15, -0.1) is 0 Å². The van der Waals surface area contributed by atoms with Gasteiger partial charge >= 0.3 is 0 Å². The maximum atomic E-state index is 13.3. The summed E-state index contributed by atoms with van der Waals surface area (Å²) in [6, 6.07) is 14.9. The smallest absolute Gasteiger partial charge is 0.255 e. The van der Waals surface area contributed by atoms with Gasteiger partial charge in [-0.3, -0.25) is 4.79 Å². The molecule has 0 aliphatic carbocycles. The van der Waals surface area contributed by atoms with Gasteiger partial charge in [0, 0.05) is 25.3 Å². The number of hydrogen-bond donors (Lipinski definition) is 1. The summed E-state index contributed by atoms with van der Waals surface area (Å²) in [7, 11) is 0.885. The molecule has 0 aliphatic heterocycles. The summed E-state index contributed by atoms with van der Waals surface area (Å²) in [6.07, 6.45) is 0. The predicted octanol–water partition coefficient (Wildman–Crippen LogP) is 4.57. The lowest BCUT2D eigenvalue weighted by molar-refractivity contribution is 0.102. The highest BCUT2D eigenvalue weighted by Crippen LogP contribution is 2.29. The Morgan fingerprint density at radius 1 is 1.03 bits per heavy atom. The molecule has 0 bridgehead atoms. The molecular formula is C23H22ClFN2O5S. The molecule has 3 rings (SSSR count). The number of carbonyl (C=O) groups is 1. The summed E-state index contributed by atoms with van der Waals surface area (Å²) in [5.41, 5.74) is 1.41. The second kappa shape index (κ2) is 10.2. The molecule has 1 amide bonds. The molecule has 3 aromatic carbocycles. The maximum absolute atomic E-state index is 13.3. The van der Waals surface area contributed by atoms with Gasteiger partial charge < -0.3 is 14.8 Å². The van der Waals surface area contributed by atoms with Crippen molar-refractivity contribution in [1.82, 2.24) is 4.31 Å². The van der Waals surface area contributed by atoms with Crippen LogP contribution in [0.25, 0.3) is 0 Å². The zero-order chi connectivity index (χ0) is 24.2. The number of sulfonamides is 1. The van der Waals surface area contributed by atoms with Crippen LogP contribution in [0.1, 0.15) is 15.9 Å². The molecule has 1 N–H and O–H groups in total. The average molecular weight is 493 g/mol. The molecule has 0 unspecified atom stereocenters. The summed E-state index contributed by atoms with van der Waals surface area (Å²) in [5.74, 6) is -0.262. The van der Waals surface area contributed by atoms with E-state index < -0.39 is 21.7 Å². The van der Waals surface area contributed by atoms with E-state index in [2.05, 4.69) is 5.32 Å². The molecular weight excluding hydrogens is 471 g/mol. The molecule has 0 radical (unpaired) electrons. The van der Waals surface area contributed by atoms with Crippen LogP contribution in [0, 0.1) is 5.82 Å². The van der Waals surface area contributed by atoms with Crippen molar-refractivity contribution in [3.8, 4) is 11.5 Å². The minimum atomic E-state index is -3.50. The molecule has 0 atom stereocenters. The molecule has 0 heterocycles. The lowest BCUT2D eigenvalue weighted by Gasteiger charge is -2.14. The molecule has 0 saturated heterocycles. The number of nitrogens with one attached hydrogen (secondary N) is 1. The number of carbonyl (C=O) groups excluding carboxylic acids is 1. The van der Waals surface area contributed by atoms with Crippen molar-refractivity contribution in [2.45, 2.75) is 11.5 Å². The molecule has 10 heteroatoms. The molecule has 0 spiro atoms. The monoisotopic (exact) mass is 492 g/mol. The van der Waals surface area contributed by atoms with Gasteiger partial charge in [0.05, 0.1) is 17.0 Å². The van der Waals surface area contributed by atoms with Crippen LogP contribution in [0.5, 0.6) is 11.5 Å². The largest absolute Gasteiger partial charge is 0.493 e. The number of amides is 1. The normalized spacial score (nSPS) is 11.3. The Kier molecular flexibility index (Phi) is 7.57. The van der Waals surface area contributed by atoms with E-state index >= 15 is 0 Å². The lowest BCUT2D eigenvalue weighted by Crippen LogP contribution is -2.22. The van der Waals surface area contributed by atoms with Gasteiger partial charge in [-0.1, -0.05) is 23.7 Å². The van der Waals surface area contributed by atoms with E-state index in [1.807, 2.05) is 0 Å². The Balaban J connectivity index is 1.69. The highest BCUT2D eigenvalue weighted by atomic mass is 35.5. The molecule has 0 aromatic heterocycles. The first-order valence-corrected chi connectivity index (χ1v) is 11.5. The molecule has 33 heavy (non-hydrogen) atoms. The van der Waals surface area contributed by atoms with Crippen molar-refractivity contribution in [1.29, 1.82) is 0 Å². The van der Waals surface area contributed by atoms with Crippen molar-refractivity contribution in [3.63, 3.8) is 0 Å². The van der Waals surface area contributed by atoms with Crippen LogP contribution in [0.4, 0.5) is 10.1 Å². The van der Waals surface area contributed by atoms with E-state index in [0.29, 0.717) is 22.7 Å². The first-order valence-electron chi connectivity index (χ1n) is 9.70. The van der Waals surface area contributed by atoms with E-state index in [0.717, 1.165) is 15.9 Å². The fraction of sp³-hybridized carbons (Fsp3) is 0.174. The van der Waals surface area contributed by atoms with Crippen LogP contribution in [-0.2, 0) is 16.6 Å². The first-order chi connectivity index (χ1) is 15.6. The number of halogens is 2. The third-order valence-electron chi connectivity index (χ3n) is 4.70. The molecule has 7 nitrogen and oxygen atoms in total. The fourth-order valence-corrected chi connectivity index (χ4v) is 3.92. The zero-order valence-electron chi connectivity index (χ0n) is 18.1. The third-order valence-corrected chi connectivity index (χ3v) is 6.82. The highest BCUT2D eigenvalue weighted by molar-refractivity contribution is 7.89. The van der Waals surface area contributed by atoms with E-state index in [-0.39, 0.29) is 16.5 Å². The number of nitrogens with zero attached hydrogens (tertiary/aromatic N) is 1. The molecule has 174 valence electrons. The Bertz CT molecular complexity index is 1260. The first kappa shape index (κ1) is 24.5. The number of benzene rings is 3. The van der Waals surface area contributed by atoms with Crippen LogP contribution in [0.15, 0.2) is 65.6 Å². The van der Waals surface area contributed by atoms with E-state index in [1.54, 1.807) is 24.3 Å². The van der Waals surface area contributed by atoms with Crippen molar-refractivity contribution < 1.29 is 27.1 Å². The third kappa shape index (κ3) is 5.81. The van der Waals surface area contributed by atoms with Crippen molar-refractivity contribution in [3.05, 3.63) is 82.6 Å². The molecule has 0 aliphatic rings. The second-order valence-corrected chi connectivity index (χ2v) is 9.73. The average Bonchev–Trinajstić information content (AvgIpc) is 2.80. The number of rotatable bonds is 8.